The number of nitrogens with zero attached hydrogens (tertiary/aromatic N) is 3. The topological polar surface area (TPSA) is 21.1 Å². The minimum atomic E-state index is -4.38. The molecule has 0 aliphatic carbocycles. The normalized spacial score (nSPS) is 17.4. The summed E-state index contributed by atoms with van der Waals surface area (Å²) in [6, 6.07) is 0. The number of hydrogen-bond acceptors (Lipinski definition) is 2. The first-order chi connectivity index (χ1) is 8.41. The molecule has 1 saturated heterocycles. The predicted molar refractivity (Wildman–Crippen MR) is 71.1 cm³/mol. The zero-order chi connectivity index (χ0) is 13.3. The Bertz CT molecular complexity index is 412. The van der Waals surface area contributed by atoms with Crippen LogP contribution in [0.1, 0.15) is 18.5 Å². The number of alkyl halides is 4. The van der Waals surface area contributed by atoms with E-state index < -0.39 is 11.9 Å². The summed E-state index contributed by atoms with van der Waals surface area (Å²) >= 11 is 5.78. The first-order valence-electron chi connectivity index (χ1n) is 5.83. The van der Waals surface area contributed by atoms with Gasteiger partial charge >= 0.3 is 6.18 Å². The van der Waals surface area contributed by atoms with Crippen LogP contribution in [-0.2, 0) is 13.2 Å². The number of halogens is 5. The highest BCUT2D eigenvalue weighted by molar-refractivity contribution is 6.18. The zero-order valence-corrected chi connectivity index (χ0v) is 12.0. The van der Waals surface area contributed by atoms with E-state index in [1.807, 2.05) is 4.90 Å². The maximum atomic E-state index is 12.6. The number of aryl methyl sites for hydroxylation is 1. The number of rotatable bonds is 2. The fourth-order valence-electron chi connectivity index (χ4n) is 2.17. The van der Waals surface area contributed by atoms with Crippen LogP contribution in [0.15, 0.2) is 6.20 Å². The van der Waals surface area contributed by atoms with Crippen molar-refractivity contribution in [1.29, 1.82) is 0 Å². The van der Waals surface area contributed by atoms with Crippen molar-refractivity contribution in [3.8, 4) is 0 Å². The van der Waals surface area contributed by atoms with Gasteiger partial charge in [0.2, 0.25) is 5.95 Å². The Balaban J connectivity index is 0.00000180. The summed E-state index contributed by atoms with van der Waals surface area (Å²) in [6.07, 6.45) is -1.55. The minimum absolute atomic E-state index is 0. The lowest BCUT2D eigenvalue weighted by atomic mass is 9.99. The fraction of sp³-hybridized carbons (Fsp3) is 0.727. The molecule has 1 aliphatic rings. The molecule has 0 atom stereocenters. The Kier molecular flexibility index (Phi) is 5.38. The largest absolute Gasteiger partial charge is 0.434 e. The van der Waals surface area contributed by atoms with E-state index >= 15 is 0 Å². The Morgan fingerprint density at radius 1 is 1.37 bits per heavy atom. The van der Waals surface area contributed by atoms with Crippen molar-refractivity contribution in [3.05, 3.63) is 11.9 Å². The molecule has 0 bridgehead atoms. The Morgan fingerprint density at radius 2 is 1.95 bits per heavy atom. The van der Waals surface area contributed by atoms with E-state index in [2.05, 4.69) is 4.98 Å². The standard InChI is InChI=1S/C11H15ClF3N3.ClH/c1-17-7-9(11(13,14)15)16-10(17)18-4-2-8(6-12)3-5-18;/h7-8H,2-6H2,1H3;1H. The van der Waals surface area contributed by atoms with Gasteiger partial charge in [-0.1, -0.05) is 0 Å². The second kappa shape index (κ2) is 6.22. The van der Waals surface area contributed by atoms with Crippen molar-refractivity contribution >= 4 is 30.0 Å². The molecule has 1 aliphatic heterocycles. The molecule has 0 unspecified atom stereocenters. The minimum Gasteiger partial charge on any atom is -0.342 e. The third-order valence-corrected chi connectivity index (χ3v) is 3.69. The molecule has 1 aromatic heterocycles. The highest BCUT2D eigenvalue weighted by atomic mass is 35.5. The molecule has 19 heavy (non-hydrogen) atoms. The number of imidazole rings is 1. The molecule has 0 aromatic carbocycles. The molecule has 2 rings (SSSR count). The summed E-state index contributed by atoms with van der Waals surface area (Å²) in [7, 11) is 1.59. The summed E-state index contributed by atoms with van der Waals surface area (Å²) in [5, 5.41) is 0. The Morgan fingerprint density at radius 3 is 2.37 bits per heavy atom. The molecule has 8 heteroatoms. The van der Waals surface area contributed by atoms with E-state index in [0.717, 1.165) is 19.0 Å². The van der Waals surface area contributed by atoms with Crippen LogP contribution in [0, 0.1) is 5.92 Å². The smallest absolute Gasteiger partial charge is 0.342 e. The molecule has 1 fully saturated rings. The highest BCUT2D eigenvalue weighted by Crippen LogP contribution is 2.31. The molecule has 110 valence electrons. The molecule has 0 amide bonds. The second-order valence-electron chi connectivity index (χ2n) is 4.62. The maximum Gasteiger partial charge on any atom is 0.434 e. The van der Waals surface area contributed by atoms with Crippen LogP contribution < -0.4 is 4.90 Å². The summed E-state index contributed by atoms with van der Waals surface area (Å²) in [4.78, 5) is 5.57. The van der Waals surface area contributed by atoms with Crippen LogP contribution in [0.2, 0.25) is 0 Å². The van der Waals surface area contributed by atoms with Crippen molar-refractivity contribution in [2.45, 2.75) is 19.0 Å². The first-order valence-corrected chi connectivity index (χ1v) is 6.36. The summed E-state index contributed by atoms with van der Waals surface area (Å²) in [5.41, 5.74) is -0.834. The van der Waals surface area contributed by atoms with Crippen molar-refractivity contribution in [1.82, 2.24) is 9.55 Å². The molecular weight excluding hydrogens is 302 g/mol. The van der Waals surface area contributed by atoms with Crippen LogP contribution in [0.4, 0.5) is 19.1 Å². The van der Waals surface area contributed by atoms with Gasteiger partial charge in [0, 0.05) is 32.2 Å². The van der Waals surface area contributed by atoms with Gasteiger partial charge in [0.25, 0.3) is 0 Å². The van der Waals surface area contributed by atoms with E-state index in [4.69, 9.17) is 11.6 Å². The third kappa shape index (κ3) is 3.69. The molecule has 0 radical (unpaired) electrons. The Labute approximate surface area is 121 Å². The van der Waals surface area contributed by atoms with Crippen LogP contribution in [0.5, 0.6) is 0 Å². The zero-order valence-electron chi connectivity index (χ0n) is 10.5. The van der Waals surface area contributed by atoms with Crippen molar-refractivity contribution < 1.29 is 13.2 Å². The monoisotopic (exact) mass is 317 g/mol. The van der Waals surface area contributed by atoms with E-state index in [1.54, 1.807) is 7.05 Å². The van der Waals surface area contributed by atoms with Gasteiger partial charge in [-0.05, 0) is 18.8 Å². The SMILES string of the molecule is Cl.Cn1cc(C(F)(F)F)nc1N1CCC(CCl)CC1. The van der Waals surface area contributed by atoms with Gasteiger partial charge in [-0.2, -0.15) is 13.2 Å². The van der Waals surface area contributed by atoms with Gasteiger partial charge < -0.3 is 9.47 Å². The number of aromatic nitrogens is 2. The van der Waals surface area contributed by atoms with Gasteiger partial charge in [-0.15, -0.1) is 24.0 Å². The van der Waals surface area contributed by atoms with Crippen LogP contribution in [0.3, 0.4) is 0 Å². The van der Waals surface area contributed by atoms with Gasteiger partial charge in [-0.3, -0.25) is 0 Å². The average Bonchev–Trinajstić information content (AvgIpc) is 2.71. The molecule has 0 N–H and O–H groups in total. The highest BCUT2D eigenvalue weighted by Gasteiger charge is 2.35. The van der Waals surface area contributed by atoms with E-state index in [1.165, 1.54) is 4.57 Å². The third-order valence-electron chi connectivity index (χ3n) is 3.26. The van der Waals surface area contributed by atoms with Crippen LogP contribution in [-0.4, -0.2) is 28.5 Å². The quantitative estimate of drug-likeness (QED) is 0.780. The van der Waals surface area contributed by atoms with Gasteiger partial charge in [0.15, 0.2) is 5.69 Å². The number of piperidine rings is 1. The van der Waals surface area contributed by atoms with E-state index in [0.29, 0.717) is 30.8 Å². The maximum absolute atomic E-state index is 12.6. The van der Waals surface area contributed by atoms with E-state index in [9.17, 15) is 13.2 Å². The van der Waals surface area contributed by atoms with Crippen molar-refractivity contribution in [3.63, 3.8) is 0 Å². The van der Waals surface area contributed by atoms with Crippen molar-refractivity contribution in [2.75, 3.05) is 23.9 Å². The van der Waals surface area contributed by atoms with E-state index in [-0.39, 0.29) is 12.4 Å². The first kappa shape index (κ1) is 16.4. The summed E-state index contributed by atoms with van der Waals surface area (Å²) in [5.74, 6) is 1.46. The molecule has 1 aromatic rings. The lowest BCUT2D eigenvalue weighted by Gasteiger charge is -2.31. The van der Waals surface area contributed by atoms with Gasteiger partial charge in [0.05, 0.1) is 0 Å². The number of hydrogen-bond donors (Lipinski definition) is 0. The second-order valence-corrected chi connectivity index (χ2v) is 4.93. The van der Waals surface area contributed by atoms with Gasteiger partial charge in [0.1, 0.15) is 0 Å². The summed E-state index contributed by atoms with van der Waals surface area (Å²) in [6.45, 7) is 1.42. The molecule has 0 spiro atoms. The molecule has 2 heterocycles. The van der Waals surface area contributed by atoms with Crippen LogP contribution in [0.25, 0.3) is 0 Å². The number of anilines is 1. The van der Waals surface area contributed by atoms with Crippen LogP contribution >= 0.6 is 24.0 Å². The van der Waals surface area contributed by atoms with Crippen molar-refractivity contribution in [2.24, 2.45) is 13.0 Å². The average molecular weight is 318 g/mol. The Hall–Kier alpha value is -0.620. The predicted octanol–water partition coefficient (Wildman–Crippen LogP) is 3.32. The molecule has 3 nitrogen and oxygen atoms in total. The lowest BCUT2D eigenvalue weighted by molar-refractivity contribution is -0.140. The molecular formula is C11H16Cl2F3N3. The fourth-order valence-corrected chi connectivity index (χ4v) is 2.48. The molecule has 0 saturated carbocycles. The lowest BCUT2D eigenvalue weighted by Crippen LogP contribution is -2.35. The summed E-state index contributed by atoms with van der Waals surface area (Å²) < 4.78 is 39.1. The van der Waals surface area contributed by atoms with Gasteiger partial charge in [-0.25, -0.2) is 4.98 Å².